The minimum atomic E-state index is -3.96. The number of nitrogens with one attached hydrogen (secondary N) is 1. The lowest BCUT2D eigenvalue weighted by atomic mass is 10.0. The van der Waals surface area contributed by atoms with Crippen molar-refractivity contribution in [1.29, 1.82) is 0 Å². The fourth-order valence-electron chi connectivity index (χ4n) is 1.81. The van der Waals surface area contributed by atoms with Crippen LogP contribution < -0.4 is 5.32 Å². The van der Waals surface area contributed by atoms with Gasteiger partial charge in [0.05, 0.1) is 0 Å². The zero-order valence-corrected chi connectivity index (χ0v) is 12.6. The molecule has 2 rings (SSSR count). The van der Waals surface area contributed by atoms with Gasteiger partial charge in [-0.25, -0.2) is 4.39 Å². The van der Waals surface area contributed by atoms with Crippen molar-refractivity contribution in [3.8, 4) is 11.3 Å². The third-order valence-electron chi connectivity index (χ3n) is 2.70. The van der Waals surface area contributed by atoms with E-state index in [0.29, 0.717) is 0 Å². The summed E-state index contributed by atoms with van der Waals surface area (Å²) in [5.74, 6) is -2.89. The van der Waals surface area contributed by atoms with E-state index in [0.717, 1.165) is 6.07 Å². The van der Waals surface area contributed by atoms with Crippen LogP contribution in [-0.2, 0) is 5.38 Å². The van der Waals surface area contributed by atoms with Crippen molar-refractivity contribution in [2.45, 2.75) is 12.3 Å². The Morgan fingerprint density at radius 2 is 2.14 bits per heavy atom. The molecule has 9 heteroatoms. The molecule has 0 atom stereocenters. The number of hydrogen-bond acceptors (Lipinski definition) is 3. The number of carbonyl (C=O) groups is 1. The van der Waals surface area contributed by atoms with E-state index in [1.165, 1.54) is 12.1 Å². The summed E-state index contributed by atoms with van der Waals surface area (Å²) in [4.78, 5) is 12.0. The molecular weight excluding hydrogens is 344 g/mol. The number of hydrogen-bond donors (Lipinski definition) is 1. The highest BCUT2D eigenvalue weighted by atomic mass is 35.5. The molecule has 1 aromatic carbocycles. The van der Waals surface area contributed by atoms with Gasteiger partial charge in [0, 0.05) is 17.1 Å². The highest BCUT2D eigenvalue weighted by Gasteiger charge is 2.41. The Bertz CT molecular complexity index is 714. The van der Waals surface area contributed by atoms with Gasteiger partial charge in [-0.2, -0.15) is 8.78 Å². The Morgan fingerprint density at radius 3 is 2.68 bits per heavy atom. The standard InChI is InChI=1S/C13H9Cl2F3N2O2/c1-2-19-12(21)9-10(20-22-11(9)13(15,17)18)7-4-3-6(14)5-8(7)16/h3-5H,2H2,1H3,(H,19,21). The lowest BCUT2D eigenvalue weighted by Crippen LogP contribution is -2.25. The largest absolute Gasteiger partial charge is 0.383 e. The SMILES string of the molecule is CCNC(=O)c1c(-c2ccc(Cl)cc2F)noc1C(F)(F)Cl. The van der Waals surface area contributed by atoms with Crippen molar-refractivity contribution >= 4 is 29.1 Å². The molecule has 0 aliphatic rings. The highest BCUT2D eigenvalue weighted by Crippen LogP contribution is 2.39. The van der Waals surface area contributed by atoms with Crippen LogP contribution in [0.5, 0.6) is 0 Å². The lowest BCUT2D eigenvalue weighted by molar-refractivity contribution is 0.0583. The molecule has 1 amide bonds. The highest BCUT2D eigenvalue weighted by molar-refractivity contribution is 6.30. The van der Waals surface area contributed by atoms with Crippen LogP contribution in [0.4, 0.5) is 13.2 Å². The second kappa shape index (κ2) is 6.18. The molecule has 0 saturated heterocycles. The molecule has 118 valence electrons. The van der Waals surface area contributed by atoms with E-state index < -0.39 is 28.4 Å². The lowest BCUT2D eigenvalue weighted by Gasteiger charge is -2.08. The smallest absolute Gasteiger partial charge is 0.352 e. The predicted octanol–water partition coefficient (Wildman–Crippen LogP) is 4.17. The van der Waals surface area contributed by atoms with Crippen LogP contribution in [0.15, 0.2) is 22.7 Å². The van der Waals surface area contributed by atoms with E-state index in [1.807, 2.05) is 0 Å². The van der Waals surface area contributed by atoms with Crippen molar-refractivity contribution in [3.63, 3.8) is 0 Å². The first-order valence-electron chi connectivity index (χ1n) is 6.06. The molecular formula is C13H9Cl2F3N2O2. The number of halogens is 5. The summed E-state index contributed by atoms with van der Waals surface area (Å²) < 4.78 is 45.1. The molecule has 0 fully saturated rings. The number of amides is 1. The molecule has 22 heavy (non-hydrogen) atoms. The predicted molar refractivity (Wildman–Crippen MR) is 74.7 cm³/mol. The zero-order chi connectivity index (χ0) is 16.5. The molecule has 4 nitrogen and oxygen atoms in total. The molecule has 2 aromatic rings. The van der Waals surface area contributed by atoms with Crippen molar-refractivity contribution in [2.24, 2.45) is 0 Å². The maximum atomic E-state index is 14.0. The number of rotatable bonds is 4. The van der Waals surface area contributed by atoms with Gasteiger partial charge in [-0.3, -0.25) is 4.79 Å². The van der Waals surface area contributed by atoms with E-state index in [2.05, 4.69) is 15.0 Å². The van der Waals surface area contributed by atoms with Crippen LogP contribution >= 0.6 is 23.2 Å². The summed E-state index contributed by atoms with van der Waals surface area (Å²) >= 11 is 10.5. The van der Waals surface area contributed by atoms with Crippen LogP contribution in [0.2, 0.25) is 5.02 Å². The fourth-order valence-corrected chi connectivity index (χ4v) is 2.10. The van der Waals surface area contributed by atoms with E-state index in [-0.39, 0.29) is 22.8 Å². The number of carbonyl (C=O) groups excluding carboxylic acids is 1. The second-order valence-electron chi connectivity index (χ2n) is 4.22. The van der Waals surface area contributed by atoms with Crippen molar-refractivity contribution in [2.75, 3.05) is 6.54 Å². The first kappa shape index (κ1) is 16.6. The summed E-state index contributed by atoms with van der Waals surface area (Å²) in [6.07, 6.45) is 0. The molecule has 0 unspecified atom stereocenters. The normalized spacial score (nSPS) is 11.5. The average Bonchev–Trinajstić information content (AvgIpc) is 2.83. The average molecular weight is 353 g/mol. The Hall–Kier alpha value is -1.73. The summed E-state index contributed by atoms with van der Waals surface area (Å²) in [6.45, 7) is 1.76. The fraction of sp³-hybridized carbons (Fsp3) is 0.231. The van der Waals surface area contributed by atoms with Gasteiger partial charge in [-0.05, 0) is 36.7 Å². The molecule has 1 heterocycles. The van der Waals surface area contributed by atoms with Gasteiger partial charge in [-0.15, -0.1) is 0 Å². The maximum absolute atomic E-state index is 14.0. The van der Waals surface area contributed by atoms with Crippen molar-refractivity contribution < 1.29 is 22.5 Å². The van der Waals surface area contributed by atoms with Crippen LogP contribution in [0, 0.1) is 5.82 Å². The van der Waals surface area contributed by atoms with E-state index in [1.54, 1.807) is 6.92 Å². The zero-order valence-electron chi connectivity index (χ0n) is 11.1. The Morgan fingerprint density at radius 1 is 1.45 bits per heavy atom. The Labute approximate surface area is 133 Å². The van der Waals surface area contributed by atoms with Gasteiger partial charge in [0.15, 0.2) is 0 Å². The maximum Gasteiger partial charge on any atom is 0.383 e. The second-order valence-corrected chi connectivity index (χ2v) is 5.13. The van der Waals surface area contributed by atoms with E-state index in [4.69, 9.17) is 23.2 Å². The first-order chi connectivity index (χ1) is 10.3. The Balaban J connectivity index is 2.66. The first-order valence-corrected chi connectivity index (χ1v) is 6.81. The van der Waals surface area contributed by atoms with Crippen LogP contribution in [-0.4, -0.2) is 17.6 Å². The summed E-state index contributed by atoms with van der Waals surface area (Å²) in [7, 11) is 0. The van der Waals surface area contributed by atoms with Gasteiger partial charge >= 0.3 is 5.38 Å². The molecule has 1 aromatic heterocycles. The summed E-state index contributed by atoms with van der Waals surface area (Å²) in [6, 6.07) is 3.49. The van der Waals surface area contributed by atoms with Gasteiger partial charge in [0.25, 0.3) is 5.91 Å². The van der Waals surface area contributed by atoms with Gasteiger partial charge in [-0.1, -0.05) is 16.8 Å². The molecule has 1 N–H and O–H groups in total. The number of benzene rings is 1. The number of alkyl halides is 3. The Kier molecular flexibility index (Phi) is 4.67. The third kappa shape index (κ3) is 3.20. The summed E-state index contributed by atoms with van der Waals surface area (Å²) in [5.41, 5.74) is -1.21. The van der Waals surface area contributed by atoms with Gasteiger partial charge in [0.1, 0.15) is 17.1 Å². The number of nitrogens with zero attached hydrogens (tertiary/aromatic N) is 1. The number of aromatic nitrogens is 1. The van der Waals surface area contributed by atoms with Crippen LogP contribution in [0.25, 0.3) is 11.3 Å². The summed E-state index contributed by atoms with van der Waals surface area (Å²) in [5, 5.41) is 1.83. The van der Waals surface area contributed by atoms with Crippen LogP contribution in [0.1, 0.15) is 23.0 Å². The minimum Gasteiger partial charge on any atom is -0.352 e. The van der Waals surface area contributed by atoms with Crippen molar-refractivity contribution in [3.05, 3.63) is 40.4 Å². The van der Waals surface area contributed by atoms with Gasteiger partial charge in [0.2, 0.25) is 5.76 Å². The molecule has 0 aliphatic heterocycles. The van der Waals surface area contributed by atoms with E-state index >= 15 is 0 Å². The molecule has 0 aliphatic carbocycles. The monoisotopic (exact) mass is 352 g/mol. The topological polar surface area (TPSA) is 55.1 Å². The molecule has 0 saturated carbocycles. The molecule has 0 bridgehead atoms. The molecule has 0 spiro atoms. The third-order valence-corrected chi connectivity index (χ3v) is 3.11. The quantitative estimate of drug-likeness (QED) is 0.840. The minimum absolute atomic E-state index is 0.104. The van der Waals surface area contributed by atoms with Crippen LogP contribution in [0.3, 0.4) is 0 Å². The van der Waals surface area contributed by atoms with Crippen molar-refractivity contribution in [1.82, 2.24) is 10.5 Å². The molecule has 0 radical (unpaired) electrons. The van der Waals surface area contributed by atoms with Gasteiger partial charge < -0.3 is 9.84 Å². The van der Waals surface area contributed by atoms with E-state index in [9.17, 15) is 18.0 Å².